The molecular formula is C14H17N3O2S. The summed E-state index contributed by atoms with van der Waals surface area (Å²) in [5.41, 5.74) is 0.969. The summed E-state index contributed by atoms with van der Waals surface area (Å²) in [5, 5.41) is 13.0. The number of carbonyl (C=O) groups is 1. The maximum atomic E-state index is 12.1. The first-order chi connectivity index (χ1) is 9.78. The molecule has 2 amide bonds. The molecule has 0 radical (unpaired) electrons. The van der Waals surface area contributed by atoms with Crippen LogP contribution in [-0.4, -0.2) is 40.2 Å². The van der Waals surface area contributed by atoms with Gasteiger partial charge in [-0.05, 0) is 25.0 Å². The molecule has 0 unspecified atom stereocenters. The average molecular weight is 291 g/mol. The fraction of sp³-hybridized carbons (Fsp3) is 0.429. The van der Waals surface area contributed by atoms with Crippen molar-refractivity contribution in [2.75, 3.05) is 13.2 Å². The lowest BCUT2D eigenvalue weighted by Gasteiger charge is -2.22. The number of aliphatic hydroxyl groups excluding tert-OH is 1. The van der Waals surface area contributed by atoms with Gasteiger partial charge in [0.15, 0.2) is 0 Å². The lowest BCUT2D eigenvalue weighted by atomic mass is 10.2. The standard InChI is InChI=1S/C14H17N3O2S/c18-9-10-4-3-7-17(10)14(19)15-8-13-16-11-5-1-2-6-12(11)20-13/h1-2,5-6,10,18H,3-4,7-9H2,(H,15,19)/t10-/m0/s1. The molecule has 2 aromatic rings. The van der Waals surface area contributed by atoms with Crippen LogP contribution in [-0.2, 0) is 6.54 Å². The van der Waals surface area contributed by atoms with Crippen LogP contribution in [0.1, 0.15) is 17.8 Å². The summed E-state index contributed by atoms with van der Waals surface area (Å²) >= 11 is 1.59. The third kappa shape index (κ3) is 2.62. The molecule has 1 fully saturated rings. The van der Waals surface area contributed by atoms with Crippen molar-refractivity contribution in [3.8, 4) is 0 Å². The molecule has 0 saturated carbocycles. The maximum absolute atomic E-state index is 12.1. The average Bonchev–Trinajstić information content (AvgIpc) is 3.10. The van der Waals surface area contributed by atoms with Gasteiger partial charge >= 0.3 is 6.03 Å². The Morgan fingerprint density at radius 1 is 1.50 bits per heavy atom. The number of aromatic nitrogens is 1. The predicted octanol–water partition coefficient (Wildman–Crippen LogP) is 1.96. The lowest BCUT2D eigenvalue weighted by molar-refractivity contribution is 0.157. The molecule has 1 saturated heterocycles. The van der Waals surface area contributed by atoms with Gasteiger partial charge in [-0.2, -0.15) is 0 Å². The number of para-hydroxylation sites is 1. The lowest BCUT2D eigenvalue weighted by Crippen LogP contribution is -2.43. The van der Waals surface area contributed by atoms with Crippen molar-refractivity contribution in [2.24, 2.45) is 0 Å². The molecule has 5 nitrogen and oxygen atoms in total. The molecule has 106 valence electrons. The van der Waals surface area contributed by atoms with Crippen molar-refractivity contribution in [3.05, 3.63) is 29.3 Å². The van der Waals surface area contributed by atoms with Crippen molar-refractivity contribution >= 4 is 27.6 Å². The Labute approximate surface area is 121 Å². The molecule has 0 aliphatic carbocycles. The Morgan fingerprint density at radius 2 is 2.35 bits per heavy atom. The van der Waals surface area contributed by atoms with Crippen LogP contribution >= 0.6 is 11.3 Å². The van der Waals surface area contributed by atoms with Gasteiger partial charge in [0, 0.05) is 6.54 Å². The number of urea groups is 1. The van der Waals surface area contributed by atoms with Gasteiger partial charge < -0.3 is 15.3 Å². The third-order valence-electron chi connectivity index (χ3n) is 3.58. The molecule has 0 spiro atoms. The van der Waals surface area contributed by atoms with E-state index >= 15 is 0 Å². The molecule has 1 aliphatic rings. The van der Waals surface area contributed by atoms with E-state index in [2.05, 4.69) is 10.3 Å². The van der Waals surface area contributed by atoms with Crippen LogP contribution in [0.4, 0.5) is 4.79 Å². The first kappa shape index (κ1) is 13.3. The number of benzene rings is 1. The summed E-state index contributed by atoms with van der Waals surface area (Å²) < 4.78 is 1.13. The topological polar surface area (TPSA) is 65.5 Å². The molecular weight excluding hydrogens is 274 g/mol. The van der Waals surface area contributed by atoms with Crippen molar-refractivity contribution in [2.45, 2.75) is 25.4 Å². The Bertz CT molecular complexity index is 580. The highest BCUT2D eigenvalue weighted by Crippen LogP contribution is 2.21. The fourth-order valence-electron chi connectivity index (χ4n) is 2.54. The first-order valence-corrected chi connectivity index (χ1v) is 7.59. The number of carbonyl (C=O) groups excluding carboxylic acids is 1. The third-order valence-corrected chi connectivity index (χ3v) is 4.61. The van der Waals surface area contributed by atoms with Gasteiger partial charge in [0.25, 0.3) is 0 Å². The highest BCUT2D eigenvalue weighted by molar-refractivity contribution is 7.18. The van der Waals surface area contributed by atoms with Crippen LogP contribution in [0.5, 0.6) is 0 Å². The van der Waals surface area contributed by atoms with E-state index in [1.807, 2.05) is 24.3 Å². The maximum Gasteiger partial charge on any atom is 0.318 e. The van der Waals surface area contributed by atoms with E-state index in [0.717, 1.165) is 34.6 Å². The molecule has 2 N–H and O–H groups in total. The summed E-state index contributed by atoms with van der Waals surface area (Å²) in [6.45, 7) is 1.19. The van der Waals surface area contributed by atoms with Crippen LogP contribution < -0.4 is 5.32 Å². The first-order valence-electron chi connectivity index (χ1n) is 6.77. The normalized spacial score (nSPS) is 18.6. The van der Waals surface area contributed by atoms with Crippen LogP contribution in [0, 0.1) is 0 Å². The summed E-state index contributed by atoms with van der Waals surface area (Å²) in [6.07, 6.45) is 1.84. The zero-order valence-electron chi connectivity index (χ0n) is 11.1. The minimum Gasteiger partial charge on any atom is -0.394 e. The summed E-state index contributed by atoms with van der Waals surface area (Å²) in [7, 11) is 0. The van der Waals surface area contributed by atoms with Crippen LogP contribution in [0.25, 0.3) is 10.2 Å². The molecule has 3 rings (SSSR count). The Balaban J connectivity index is 1.62. The number of likely N-dealkylation sites (tertiary alicyclic amines) is 1. The number of fused-ring (bicyclic) bond motifs is 1. The number of hydrogen-bond acceptors (Lipinski definition) is 4. The molecule has 1 aromatic carbocycles. The Morgan fingerprint density at radius 3 is 3.15 bits per heavy atom. The molecule has 2 heterocycles. The SMILES string of the molecule is O=C(NCc1nc2ccccc2s1)N1CCC[C@H]1CO. The molecule has 20 heavy (non-hydrogen) atoms. The summed E-state index contributed by atoms with van der Waals surface area (Å²) in [6, 6.07) is 7.80. The number of thiazole rings is 1. The Kier molecular flexibility index (Phi) is 3.84. The zero-order chi connectivity index (χ0) is 13.9. The minimum atomic E-state index is -0.110. The van der Waals surface area contributed by atoms with E-state index in [0.29, 0.717) is 6.54 Å². The van der Waals surface area contributed by atoms with Crippen molar-refractivity contribution < 1.29 is 9.90 Å². The highest BCUT2D eigenvalue weighted by Gasteiger charge is 2.27. The van der Waals surface area contributed by atoms with E-state index in [9.17, 15) is 9.90 Å². The van der Waals surface area contributed by atoms with E-state index < -0.39 is 0 Å². The van der Waals surface area contributed by atoms with Gasteiger partial charge in [-0.25, -0.2) is 9.78 Å². The second-order valence-electron chi connectivity index (χ2n) is 4.91. The van der Waals surface area contributed by atoms with E-state index in [1.54, 1.807) is 16.2 Å². The number of hydrogen-bond donors (Lipinski definition) is 2. The van der Waals surface area contributed by atoms with Crippen molar-refractivity contribution in [1.82, 2.24) is 15.2 Å². The van der Waals surface area contributed by atoms with Crippen molar-refractivity contribution in [1.29, 1.82) is 0 Å². The quantitative estimate of drug-likeness (QED) is 0.908. The number of nitrogens with one attached hydrogen (secondary N) is 1. The van der Waals surface area contributed by atoms with Crippen LogP contribution in [0.2, 0.25) is 0 Å². The monoisotopic (exact) mass is 291 g/mol. The summed E-state index contributed by atoms with van der Waals surface area (Å²) in [4.78, 5) is 18.3. The van der Waals surface area contributed by atoms with Gasteiger partial charge in [0.05, 0.1) is 29.4 Å². The zero-order valence-corrected chi connectivity index (χ0v) is 11.9. The van der Waals surface area contributed by atoms with E-state index in [-0.39, 0.29) is 18.7 Å². The number of nitrogens with zero attached hydrogens (tertiary/aromatic N) is 2. The number of amides is 2. The Hall–Kier alpha value is -1.66. The predicted molar refractivity (Wildman–Crippen MR) is 78.7 cm³/mol. The van der Waals surface area contributed by atoms with E-state index in [1.165, 1.54) is 0 Å². The molecule has 6 heteroatoms. The van der Waals surface area contributed by atoms with Crippen molar-refractivity contribution in [3.63, 3.8) is 0 Å². The number of aliphatic hydroxyl groups is 1. The number of rotatable bonds is 3. The van der Waals surface area contributed by atoms with Crippen LogP contribution in [0.3, 0.4) is 0 Å². The minimum absolute atomic E-state index is 0.0363. The molecule has 1 atom stereocenters. The van der Waals surface area contributed by atoms with Crippen LogP contribution in [0.15, 0.2) is 24.3 Å². The summed E-state index contributed by atoms with van der Waals surface area (Å²) in [5.74, 6) is 0. The second kappa shape index (κ2) is 5.76. The van der Waals surface area contributed by atoms with Gasteiger partial charge in [-0.15, -0.1) is 11.3 Å². The molecule has 0 bridgehead atoms. The smallest absolute Gasteiger partial charge is 0.318 e. The largest absolute Gasteiger partial charge is 0.394 e. The van der Waals surface area contributed by atoms with E-state index in [4.69, 9.17) is 0 Å². The highest BCUT2D eigenvalue weighted by atomic mass is 32.1. The molecule has 1 aliphatic heterocycles. The fourth-order valence-corrected chi connectivity index (χ4v) is 3.45. The van der Waals surface area contributed by atoms with Gasteiger partial charge in [-0.1, -0.05) is 12.1 Å². The molecule has 1 aromatic heterocycles. The van der Waals surface area contributed by atoms with Gasteiger partial charge in [0.1, 0.15) is 5.01 Å². The van der Waals surface area contributed by atoms with Gasteiger partial charge in [-0.3, -0.25) is 0 Å². The van der Waals surface area contributed by atoms with Gasteiger partial charge in [0.2, 0.25) is 0 Å². The second-order valence-corrected chi connectivity index (χ2v) is 6.02.